The number of hydrogen-bond acceptors (Lipinski definition) is 3. The fraction of sp³-hybridized carbons (Fsp3) is 0.222. The number of nitrogens with one attached hydrogen (secondary N) is 1. The van der Waals surface area contributed by atoms with E-state index in [1.807, 2.05) is 36.4 Å². The number of benzene rings is 2. The molecule has 3 N–H and O–H groups in total. The van der Waals surface area contributed by atoms with Gasteiger partial charge in [-0.25, -0.2) is 0 Å². The monoisotopic (exact) mass is 346 g/mol. The van der Waals surface area contributed by atoms with Crippen LogP contribution in [0.4, 0.5) is 0 Å². The molecule has 0 aromatic heterocycles. The molecule has 0 spiro atoms. The zero-order valence-corrected chi connectivity index (χ0v) is 13.8. The smallest absolute Gasteiger partial charge is 0.246 e. The van der Waals surface area contributed by atoms with Gasteiger partial charge in [0.2, 0.25) is 11.8 Å². The SMILES string of the molecule is NC(=O)[C@H](Cc1ccccc1Cl)NC(=O)COCc1ccccc1. The molecule has 2 rings (SSSR count). The second-order valence-electron chi connectivity index (χ2n) is 5.30. The molecule has 0 heterocycles. The molecule has 2 aromatic rings. The van der Waals surface area contributed by atoms with Crippen molar-refractivity contribution in [3.63, 3.8) is 0 Å². The van der Waals surface area contributed by atoms with Crippen molar-refractivity contribution >= 4 is 23.4 Å². The van der Waals surface area contributed by atoms with Crippen molar-refractivity contribution in [2.45, 2.75) is 19.1 Å². The third kappa shape index (κ3) is 5.68. The molecule has 6 heteroatoms. The molecular formula is C18H19ClN2O3. The first-order valence-corrected chi connectivity index (χ1v) is 7.88. The Balaban J connectivity index is 1.85. The predicted molar refractivity (Wildman–Crippen MR) is 92.4 cm³/mol. The molecule has 0 saturated carbocycles. The lowest BCUT2D eigenvalue weighted by atomic mass is 10.1. The highest BCUT2D eigenvalue weighted by Crippen LogP contribution is 2.16. The lowest BCUT2D eigenvalue weighted by Crippen LogP contribution is -2.47. The number of carbonyl (C=O) groups excluding carboxylic acids is 2. The van der Waals surface area contributed by atoms with Gasteiger partial charge in [0, 0.05) is 11.4 Å². The van der Waals surface area contributed by atoms with Gasteiger partial charge < -0.3 is 15.8 Å². The molecule has 24 heavy (non-hydrogen) atoms. The Morgan fingerprint density at radius 3 is 2.42 bits per heavy atom. The molecule has 126 valence electrons. The number of hydrogen-bond donors (Lipinski definition) is 2. The van der Waals surface area contributed by atoms with Crippen molar-refractivity contribution in [1.82, 2.24) is 5.32 Å². The third-order valence-electron chi connectivity index (χ3n) is 3.41. The van der Waals surface area contributed by atoms with Gasteiger partial charge in [0.05, 0.1) is 6.61 Å². The second kappa shape index (κ2) is 9.05. The van der Waals surface area contributed by atoms with Crippen LogP contribution in [0.5, 0.6) is 0 Å². The van der Waals surface area contributed by atoms with Crippen LogP contribution < -0.4 is 11.1 Å². The van der Waals surface area contributed by atoms with Crippen molar-refractivity contribution in [2.24, 2.45) is 5.73 Å². The van der Waals surface area contributed by atoms with Gasteiger partial charge in [0.25, 0.3) is 0 Å². The molecule has 0 saturated heterocycles. The number of amides is 2. The average Bonchev–Trinajstić information content (AvgIpc) is 2.57. The van der Waals surface area contributed by atoms with E-state index in [9.17, 15) is 9.59 Å². The zero-order valence-electron chi connectivity index (χ0n) is 13.1. The summed E-state index contributed by atoms with van der Waals surface area (Å²) in [7, 11) is 0. The van der Waals surface area contributed by atoms with Crippen LogP contribution in [0.2, 0.25) is 5.02 Å². The largest absolute Gasteiger partial charge is 0.368 e. The second-order valence-corrected chi connectivity index (χ2v) is 5.70. The lowest BCUT2D eigenvalue weighted by Gasteiger charge is -2.16. The van der Waals surface area contributed by atoms with Crippen molar-refractivity contribution in [3.05, 3.63) is 70.7 Å². The molecule has 5 nitrogen and oxygen atoms in total. The Morgan fingerprint density at radius 2 is 1.75 bits per heavy atom. The van der Waals surface area contributed by atoms with Crippen LogP contribution in [0.3, 0.4) is 0 Å². The van der Waals surface area contributed by atoms with E-state index < -0.39 is 17.9 Å². The van der Waals surface area contributed by atoms with E-state index in [1.165, 1.54) is 0 Å². The van der Waals surface area contributed by atoms with Crippen molar-refractivity contribution in [2.75, 3.05) is 6.61 Å². The van der Waals surface area contributed by atoms with Crippen molar-refractivity contribution in [1.29, 1.82) is 0 Å². The number of rotatable bonds is 8. The molecule has 2 aromatic carbocycles. The third-order valence-corrected chi connectivity index (χ3v) is 3.77. The molecule has 0 radical (unpaired) electrons. The number of primary amides is 1. The molecular weight excluding hydrogens is 328 g/mol. The van der Waals surface area contributed by atoms with Crippen molar-refractivity contribution < 1.29 is 14.3 Å². The zero-order chi connectivity index (χ0) is 17.4. The highest BCUT2D eigenvalue weighted by atomic mass is 35.5. The normalized spacial score (nSPS) is 11.7. The van der Waals surface area contributed by atoms with E-state index in [0.29, 0.717) is 11.6 Å². The van der Waals surface area contributed by atoms with Gasteiger partial charge in [-0.2, -0.15) is 0 Å². The summed E-state index contributed by atoms with van der Waals surface area (Å²) in [6.07, 6.45) is 0.236. The molecule has 0 fully saturated rings. The summed E-state index contributed by atoms with van der Waals surface area (Å²) in [5.41, 5.74) is 7.07. The van der Waals surface area contributed by atoms with Crippen LogP contribution in [0.15, 0.2) is 54.6 Å². The first-order valence-electron chi connectivity index (χ1n) is 7.50. The molecule has 0 unspecified atom stereocenters. The van der Waals surface area contributed by atoms with E-state index in [0.717, 1.165) is 11.1 Å². The van der Waals surface area contributed by atoms with Crippen LogP contribution in [0.25, 0.3) is 0 Å². The van der Waals surface area contributed by atoms with Crippen LogP contribution >= 0.6 is 11.6 Å². The number of halogens is 1. The minimum absolute atomic E-state index is 0.152. The molecule has 0 bridgehead atoms. The molecule has 0 aliphatic carbocycles. The van der Waals surface area contributed by atoms with Gasteiger partial charge in [-0.3, -0.25) is 9.59 Å². The summed E-state index contributed by atoms with van der Waals surface area (Å²) in [5.74, 6) is -1.02. The van der Waals surface area contributed by atoms with E-state index in [1.54, 1.807) is 18.2 Å². The average molecular weight is 347 g/mol. The maximum absolute atomic E-state index is 11.9. The maximum Gasteiger partial charge on any atom is 0.246 e. The highest BCUT2D eigenvalue weighted by Gasteiger charge is 2.19. The summed E-state index contributed by atoms with van der Waals surface area (Å²) in [5, 5.41) is 3.11. The van der Waals surface area contributed by atoms with Crippen molar-refractivity contribution in [3.8, 4) is 0 Å². The Labute approximate surface area is 145 Å². The number of nitrogens with two attached hydrogens (primary N) is 1. The first kappa shape index (κ1) is 18.0. The van der Waals surface area contributed by atoms with E-state index in [-0.39, 0.29) is 13.0 Å². The quantitative estimate of drug-likeness (QED) is 0.767. The van der Waals surface area contributed by atoms with E-state index >= 15 is 0 Å². The fourth-order valence-electron chi connectivity index (χ4n) is 2.18. The summed E-state index contributed by atoms with van der Waals surface area (Å²) >= 11 is 6.07. The van der Waals surface area contributed by atoms with Gasteiger partial charge in [-0.15, -0.1) is 0 Å². The lowest BCUT2D eigenvalue weighted by molar-refractivity contribution is -0.130. The number of ether oxygens (including phenoxy) is 1. The maximum atomic E-state index is 11.9. The molecule has 1 atom stereocenters. The summed E-state index contributed by atoms with van der Waals surface area (Å²) < 4.78 is 5.35. The van der Waals surface area contributed by atoms with E-state index in [4.69, 9.17) is 22.1 Å². The van der Waals surface area contributed by atoms with Crippen LogP contribution in [-0.2, 0) is 27.4 Å². The molecule has 0 aliphatic rings. The van der Waals surface area contributed by atoms with Crippen LogP contribution in [-0.4, -0.2) is 24.5 Å². The minimum Gasteiger partial charge on any atom is -0.368 e. The minimum atomic E-state index is -0.835. The van der Waals surface area contributed by atoms with Gasteiger partial charge in [-0.1, -0.05) is 60.1 Å². The Kier molecular flexibility index (Phi) is 6.78. The topological polar surface area (TPSA) is 81.4 Å². The summed E-state index contributed by atoms with van der Waals surface area (Å²) in [6, 6.07) is 15.8. The van der Waals surface area contributed by atoms with Gasteiger partial charge in [-0.05, 0) is 17.2 Å². The molecule has 2 amide bonds. The van der Waals surface area contributed by atoms with E-state index in [2.05, 4.69) is 5.32 Å². The standard InChI is InChI=1S/C18H19ClN2O3/c19-15-9-5-4-8-14(15)10-16(18(20)23)21-17(22)12-24-11-13-6-2-1-3-7-13/h1-9,16H,10-12H2,(H2,20,23)(H,21,22)/t16-/m0/s1. The predicted octanol–water partition coefficient (Wildman–Crippen LogP) is 2.07. The Hall–Kier alpha value is -2.37. The van der Waals surface area contributed by atoms with Crippen LogP contribution in [0.1, 0.15) is 11.1 Å². The first-order chi connectivity index (χ1) is 11.6. The fourth-order valence-corrected chi connectivity index (χ4v) is 2.39. The Morgan fingerprint density at radius 1 is 1.08 bits per heavy atom. The number of carbonyl (C=O) groups is 2. The molecule has 0 aliphatic heterocycles. The summed E-state index contributed by atoms with van der Waals surface area (Å²) in [6.45, 7) is 0.168. The summed E-state index contributed by atoms with van der Waals surface area (Å²) in [4.78, 5) is 23.5. The van der Waals surface area contributed by atoms with Gasteiger partial charge in [0.15, 0.2) is 0 Å². The van der Waals surface area contributed by atoms with Gasteiger partial charge in [0.1, 0.15) is 12.6 Å². The Bertz CT molecular complexity index is 692. The van der Waals surface area contributed by atoms with Crippen LogP contribution in [0, 0.1) is 0 Å². The van der Waals surface area contributed by atoms with Gasteiger partial charge >= 0.3 is 0 Å². The highest BCUT2D eigenvalue weighted by molar-refractivity contribution is 6.31.